The number of carbonyl (C=O) groups is 2. The number of carbonyl (C=O) groups excluding carboxylic acids is 2. The number of hydrogen-bond donors (Lipinski definition) is 2. The van der Waals surface area contributed by atoms with E-state index in [4.69, 9.17) is 5.11 Å². The van der Waals surface area contributed by atoms with Crippen molar-refractivity contribution in [3.63, 3.8) is 0 Å². The third-order valence-corrected chi connectivity index (χ3v) is 3.85. The number of aromatic nitrogens is 3. The number of aliphatic hydroxyl groups excluding tert-OH is 2. The molecule has 120 valence electrons. The second-order valence-electron chi connectivity index (χ2n) is 5.18. The van der Waals surface area contributed by atoms with Gasteiger partial charge < -0.3 is 10.2 Å². The molecule has 0 fully saturated rings. The molecule has 0 radical (unpaired) electrons. The largest absolute Gasteiger partial charge is 0.390 e. The highest BCUT2D eigenvalue weighted by Gasteiger charge is 2.34. The zero-order valence-corrected chi connectivity index (χ0v) is 12.3. The third kappa shape index (κ3) is 2.62. The summed E-state index contributed by atoms with van der Waals surface area (Å²) in [6.45, 7) is 0.0615. The van der Waals surface area contributed by atoms with Crippen LogP contribution in [0.3, 0.4) is 0 Å². The Hall–Kier alpha value is -2.58. The van der Waals surface area contributed by atoms with Crippen LogP contribution in [0.2, 0.25) is 0 Å². The van der Waals surface area contributed by atoms with Crippen LogP contribution in [-0.2, 0) is 19.8 Å². The fraction of sp³-hybridized carbons (Fsp3) is 0.333. The number of hydrogen-bond acceptors (Lipinski definition) is 6. The van der Waals surface area contributed by atoms with Gasteiger partial charge in [0.05, 0.1) is 30.0 Å². The standard InChI is InChI=1S/C15H16N4O4/c20-8-12-13(9-21)19(17-16-12)7-3-6-18-14(22)10-4-1-2-5-11(10)15(18)23/h1-2,4-5,20-21H,3,6-9H2. The molecule has 23 heavy (non-hydrogen) atoms. The van der Waals surface area contributed by atoms with Crippen LogP contribution in [0.4, 0.5) is 0 Å². The highest BCUT2D eigenvalue weighted by molar-refractivity contribution is 6.21. The van der Waals surface area contributed by atoms with Gasteiger partial charge in [-0.2, -0.15) is 0 Å². The smallest absolute Gasteiger partial charge is 0.261 e. The lowest BCUT2D eigenvalue weighted by molar-refractivity contribution is 0.0650. The van der Waals surface area contributed by atoms with Crippen molar-refractivity contribution in [2.45, 2.75) is 26.2 Å². The summed E-state index contributed by atoms with van der Waals surface area (Å²) >= 11 is 0. The predicted molar refractivity (Wildman–Crippen MR) is 78.3 cm³/mol. The first-order valence-electron chi connectivity index (χ1n) is 7.25. The molecule has 0 saturated heterocycles. The molecule has 0 saturated carbocycles. The van der Waals surface area contributed by atoms with E-state index in [-0.39, 0.29) is 31.6 Å². The SMILES string of the molecule is O=C1c2ccccc2C(=O)N1CCCn1nnc(CO)c1CO. The van der Waals surface area contributed by atoms with E-state index in [9.17, 15) is 14.7 Å². The minimum absolute atomic E-state index is 0.255. The van der Waals surface area contributed by atoms with Gasteiger partial charge in [-0.1, -0.05) is 17.3 Å². The molecule has 0 atom stereocenters. The lowest BCUT2D eigenvalue weighted by Gasteiger charge is -2.13. The number of benzene rings is 1. The molecule has 3 rings (SSSR count). The quantitative estimate of drug-likeness (QED) is 0.723. The zero-order chi connectivity index (χ0) is 16.4. The molecule has 2 aromatic rings. The van der Waals surface area contributed by atoms with Crippen molar-refractivity contribution in [1.29, 1.82) is 0 Å². The maximum atomic E-state index is 12.2. The lowest BCUT2D eigenvalue weighted by Crippen LogP contribution is -2.31. The third-order valence-electron chi connectivity index (χ3n) is 3.85. The summed E-state index contributed by atoms with van der Waals surface area (Å²) in [5.74, 6) is -0.578. The van der Waals surface area contributed by atoms with Crippen LogP contribution >= 0.6 is 0 Å². The maximum Gasteiger partial charge on any atom is 0.261 e. The number of rotatable bonds is 6. The van der Waals surface area contributed by atoms with Crippen LogP contribution in [-0.4, -0.2) is 48.5 Å². The first-order chi connectivity index (χ1) is 11.2. The van der Waals surface area contributed by atoms with E-state index in [1.165, 1.54) is 9.58 Å². The van der Waals surface area contributed by atoms with Gasteiger partial charge in [-0.3, -0.25) is 14.5 Å². The van der Waals surface area contributed by atoms with Gasteiger partial charge in [0.15, 0.2) is 0 Å². The number of aryl methyl sites for hydroxylation is 1. The van der Waals surface area contributed by atoms with Crippen molar-refractivity contribution in [3.05, 3.63) is 46.8 Å². The molecular weight excluding hydrogens is 300 g/mol. The van der Waals surface area contributed by atoms with Crippen LogP contribution in [0.25, 0.3) is 0 Å². The number of aliphatic hydroxyl groups is 2. The Morgan fingerprint density at radius 3 is 2.17 bits per heavy atom. The molecule has 1 aromatic carbocycles. The monoisotopic (exact) mass is 316 g/mol. The van der Waals surface area contributed by atoms with Crippen molar-refractivity contribution < 1.29 is 19.8 Å². The Labute approximate surface area is 132 Å². The van der Waals surface area contributed by atoms with Crippen molar-refractivity contribution >= 4 is 11.8 Å². The summed E-state index contributed by atoms with van der Waals surface area (Å²) in [6, 6.07) is 6.74. The van der Waals surface area contributed by atoms with Crippen LogP contribution < -0.4 is 0 Å². The Morgan fingerprint density at radius 1 is 0.957 bits per heavy atom. The molecule has 1 aromatic heterocycles. The molecule has 0 spiro atoms. The van der Waals surface area contributed by atoms with Crippen molar-refractivity contribution in [2.75, 3.05) is 6.54 Å². The van der Waals surface area contributed by atoms with Gasteiger partial charge in [0.1, 0.15) is 5.69 Å². The molecular formula is C15H16N4O4. The number of nitrogens with zero attached hydrogens (tertiary/aromatic N) is 4. The fourth-order valence-electron chi connectivity index (χ4n) is 2.66. The molecule has 2 N–H and O–H groups in total. The fourth-order valence-corrected chi connectivity index (χ4v) is 2.66. The van der Waals surface area contributed by atoms with Crippen LogP contribution in [0, 0.1) is 0 Å². The molecule has 8 nitrogen and oxygen atoms in total. The van der Waals surface area contributed by atoms with Gasteiger partial charge in [0, 0.05) is 13.1 Å². The second kappa shape index (κ2) is 6.27. The molecule has 2 amide bonds. The second-order valence-corrected chi connectivity index (χ2v) is 5.18. The number of amides is 2. The van der Waals surface area contributed by atoms with E-state index in [0.29, 0.717) is 35.5 Å². The molecule has 0 bridgehead atoms. The van der Waals surface area contributed by atoms with Crippen molar-refractivity contribution in [1.82, 2.24) is 19.9 Å². The van der Waals surface area contributed by atoms with Gasteiger partial charge in [-0.05, 0) is 18.6 Å². The van der Waals surface area contributed by atoms with E-state index in [1.807, 2.05) is 0 Å². The van der Waals surface area contributed by atoms with E-state index >= 15 is 0 Å². The number of fused-ring (bicyclic) bond motifs is 1. The highest BCUT2D eigenvalue weighted by Crippen LogP contribution is 2.22. The van der Waals surface area contributed by atoms with Crippen LogP contribution in [0.5, 0.6) is 0 Å². The zero-order valence-electron chi connectivity index (χ0n) is 12.3. The average Bonchev–Trinajstić information content (AvgIpc) is 3.09. The summed E-state index contributed by atoms with van der Waals surface area (Å²) in [5, 5.41) is 26.0. The Balaban J connectivity index is 1.65. The summed E-state index contributed by atoms with van der Waals surface area (Å²) in [5.41, 5.74) is 1.62. The van der Waals surface area contributed by atoms with E-state index in [1.54, 1.807) is 24.3 Å². The van der Waals surface area contributed by atoms with Gasteiger partial charge in [-0.15, -0.1) is 5.10 Å². The molecule has 1 aliphatic heterocycles. The number of imide groups is 1. The minimum Gasteiger partial charge on any atom is -0.390 e. The summed E-state index contributed by atoms with van der Waals surface area (Å²) in [6.07, 6.45) is 0.479. The summed E-state index contributed by atoms with van der Waals surface area (Å²) in [4.78, 5) is 25.7. The van der Waals surface area contributed by atoms with Crippen LogP contribution in [0.1, 0.15) is 38.5 Å². The van der Waals surface area contributed by atoms with Gasteiger partial charge in [0.2, 0.25) is 0 Å². The van der Waals surface area contributed by atoms with Gasteiger partial charge >= 0.3 is 0 Å². The molecule has 0 unspecified atom stereocenters. The van der Waals surface area contributed by atoms with Crippen molar-refractivity contribution in [2.24, 2.45) is 0 Å². The predicted octanol–water partition coefficient (Wildman–Crippen LogP) is -0.0510. The Bertz CT molecular complexity index is 721. The van der Waals surface area contributed by atoms with Gasteiger partial charge in [-0.25, -0.2) is 4.68 Å². The van der Waals surface area contributed by atoms with Gasteiger partial charge in [0.25, 0.3) is 11.8 Å². The molecule has 0 aliphatic carbocycles. The molecule has 1 aliphatic rings. The normalized spacial score (nSPS) is 13.7. The maximum absolute atomic E-state index is 12.2. The molecule has 8 heteroatoms. The first-order valence-corrected chi connectivity index (χ1v) is 7.25. The summed E-state index contributed by atoms with van der Waals surface area (Å²) < 4.78 is 1.48. The Kier molecular flexibility index (Phi) is 4.18. The first kappa shape index (κ1) is 15.3. The molecule has 2 heterocycles. The van der Waals surface area contributed by atoms with E-state index in [0.717, 1.165) is 0 Å². The average molecular weight is 316 g/mol. The lowest BCUT2D eigenvalue weighted by atomic mass is 10.1. The minimum atomic E-state index is -0.297. The van der Waals surface area contributed by atoms with E-state index < -0.39 is 0 Å². The van der Waals surface area contributed by atoms with Crippen molar-refractivity contribution in [3.8, 4) is 0 Å². The summed E-state index contributed by atoms with van der Waals surface area (Å²) in [7, 11) is 0. The highest BCUT2D eigenvalue weighted by atomic mass is 16.3. The van der Waals surface area contributed by atoms with E-state index in [2.05, 4.69) is 10.3 Å². The topological polar surface area (TPSA) is 109 Å². The van der Waals surface area contributed by atoms with Crippen LogP contribution in [0.15, 0.2) is 24.3 Å². The Morgan fingerprint density at radius 2 is 1.61 bits per heavy atom.